The highest BCUT2D eigenvalue weighted by atomic mass is 35.5. The third-order valence-corrected chi connectivity index (χ3v) is 1.93. The smallest absolute Gasteiger partial charge is 0.327 e. The van der Waals surface area contributed by atoms with Gasteiger partial charge >= 0.3 is 5.97 Å². The van der Waals surface area contributed by atoms with Gasteiger partial charge in [-0.15, -0.1) is 12.4 Å². The Morgan fingerprint density at radius 2 is 1.80 bits per heavy atom. The van der Waals surface area contributed by atoms with Crippen LogP contribution in [0.4, 0.5) is 0 Å². The van der Waals surface area contributed by atoms with E-state index >= 15 is 0 Å². The van der Waals surface area contributed by atoms with Crippen LogP contribution in [-0.4, -0.2) is 20.2 Å². The molecule has 0 saturated heterocycles. The highest BCUT2D eigenvalue weighted by Crippen LogP contribution is 2.16. The number of ether oxygens (including phenoxy) is 2. The Kier molecular flexibility index (Phi) is 5.74. The maximum atomic E-state index is 11.1. The van der Waals surface area contributed by atoms with Gasteiger partial charge in [0.2, 0.25) is 0 Å². The molecule has 0 unspecified atom stereocenters. The van der Waals surface area contributed by atoms with Crippen molar-refractivity contribution in [3.8, 4) is 5.75 Å². The molecule has 0 aromatic heterocycles. The average molecular weight is 232 g/mol. The summed E-state index contributed by atoms with van der Waals surface area (Å²) >= 11 is 0. The zero-order valence-electron chi connectivity index (χ0n) is 8.60. The lowest BCUT2D eigenvalue weighted by Crippen LogP contribution is -2.22. The fraction of sp³-hybridized carbons (Fsp3) is 0.300. The lowest BCUT2D eigenvalue weighted by Gasteiger charge is -2.09. The van der Waals surface area contributed by atoms with Gasteiger partial charge in [-0.25, -0.2) is 0 Å². The van der Waals surface area contributed by atoms with Gasteiger partial charge in [-0.05, 0) is 17.7 Å². The SMILES string of the molecule is COC(=O)[C@H](N)c1ccc(OC)cc1.Cl. The number of rotatable bonds is 3. The molecule has 1 atom stereocenters. The number of carbonyl (C=O) groups excluding carboxylic acids is 1. The van der Waals surface area contributed by atoms with Gasteiger partial charge in [0.1, 0.15) is 11.8 Å². The molecule has 1 rings (SSSR count). The summed E-state index contributed by atoms with van der Waals surface area (Å²) in [4.78, 5) is 11.1. The van der Waals surface area contributed by atoms with E-state index in [0.29, 0.717) is 5.56 Å². The molecule has 15 heavy (non-hydrogen) atoms. The van der Waals surface area contributed by atoms with Crippen LogP contribution in [0.2, 0.25) is 0 Å². The normalized spacial score (nSPS) is 11.1. The molecule has 1 aromatic rings. The van der Waals surface area contributed by atoms with Crippen molar-refractivity contribution in [2.45, 2.75) is 6.04 Å². The number of methoxy groups -OCH3 is 2. The lowest BCUT2D eigenvalue weighted by atomic mass is 10.1. The topological polar surface area (TPSA) is 61.5 Å². The molecular formula is C10H14ClNO3. The Labute approximate surface area is 94.8 Å². The van der Waals surface area contributed by atoms with Gasteiger partial charge < -0.3 is 15.2 Å². The zero-order chi connectivity index (χ0) is 10.6. The number of hydrogen-bond acceptors (Lipinski definition) is 4. The molecule has 1 aromatic carbocycles. The van der Waals surface area contributed by atoms with Crippen LogP contribution in [0.25, 0.3) is 0 Å². The average Bonchev–Trinajstić information content (AvgIpc) is 2.27. The van der Waals surface area contributed by atoms with Crippen LogP contribution in [0, 0.1) is 0 Å². The van der Waals surface area contributed by atoms with Crippen LogP contribution >= 0.6 is 12.4 Å². The summed E-state index contributed by atoms with van der Waals surface area (Å²) in [5, 5.41) is 0. The van der Waals surface area contributed by atoms with Crippen LogP contribution < -0.4 is 10.5 Å². The lowest BCUT2D eigenvalue weighted by molar-refractivity contribution is -0.142. The van der Waals surface area contributed by atoms with E-state index in [1.807, 2.05) is 0 Å². The first-order valence-corrected chi connectivity index (χ1v) is 4.16. The number of nitrogens with two attached hydrogens (primary N) is 1. The van der Waals surface area contributed by atoms with Gasteiger partial charge in [0.05, 0.1) is 14.2 Å². The third-order valence-electron chi connectivity index (χ3n) is 1.93. The molecule has 0 aliphatic carbocycles. The maximum Gasteiger partial charge on any atom is 0.327 e. The molecule has 84 valence electrons. The quantitative estimate of drug-likeness (QED) is 0.797. The fourth-order valence-electron chi connectivity index (χ4n) is 1.07. The van der Waals surface area contributed by atoms with Crippen molar-refractivity contribution in [1.29, 1.82) is 0 Å². The summed E-state index contributed by atoms with van der Waals surface area (Å²) in [6.07, 6.45) is 0. The summed E-state index contributed by atoms with van der Waals surface area (Å²) in [5.41, 5.74) is 6.33. The monoisotopic (exact) mass is 231 g/mol. The molecule has 0 aliphatic heterocycles. The van der Waals surface area contributed by atoms with E-state index < -0.39 is 12.0 Å². The first-order chi connectivity index (χ1) is 6.69. The molecule has 0 heterocycles. The van der Waals surface area contributed by atoms with Gasteiger partial charge in [0.15, 0.2) is 0 Å². The standard InChI is InChI=1S/C10H13NO3.ClH/c1-13-8-5-3-7(4-6-8)9(11)10(12)14-2;/h3-6,9H,11H2,1-2H3;1H/t9-;/m1./s1. The van der Waals surface area contributed by atoms with Crippen molar-refractivity contribution >= 4 is 18.4 Å². The van der Waals surface area contributed by atoms with Gasteiger partial charge in [-0.2, -0.15) is 0 Å². The van der Waals surface area contributed by atoms with Crippen LogP contribution in [0.1, 0.15) is 11.6 Å². The van der Waals surface area contributed by atoms with Crippen LogP contribution in [0.3, 0.4) is 0 Å². The number of esters is 1. The minimum atomic E-state index is -0.731. The van der Waals surface area contributed by atoms with Gasteiger partial charge in [0.25, 0.3) is 0 Å². The molecule has 2 N–H and O–H groups in total. The van der Waals surface area contributed by atoms with Crippen molar-refractivity contribution in [1.82, 2.24) is 0 Å². The predicted molar refractivity (Wildman–Crippen MR) is 59.2 cm³/mol. The first kappa shape index (κ1) is 13.7. The van der Waals surface area contributed by atoms with E-state index in [-0.39, 0.29) is 12.4 Å². The van der Waals surface area contributed by atoms with E-state index in [2.05, 4.69) is 4.74 Å². The number of carbonyl (C=O) groups is 1. The van der Waals surface area contributed by atoms with Gasteiger partial charge in [-0.1, -0.05) is 12.1 Å². The second kappa shape index (κ2) is 6.27. The minimum absolute atomic E-state index is 0. The summed E-state index contributed by atoms with van der Waals surface area (Å²) in [7, 11) is 2.89. The second-order valence-corrected chi connectivity index (χ2v) is 2.77. The molecule has 0 aliphatic rings. The summed E-state index contributed by atoms with van der Waals surface area (Å²) < 4.78 is 9.51. The largest absolute Gasteiger partial charge is 0.497 e. The summed E-state index contributed by atoms with van der Waals surface area (Å²) in [6.45, 7) is 0. The van der Waals surface area contributed by atoms with Crippen molar-refractivity contribution in [3.63, 3.8) is 0 Å². The van der Waals surface area contributed by atoms with E-state index in [1.165, 1.54) is 7.11 Å². The van der Waals surface area contributed by atoms with Crippen molar-refractivity contribution in [3.05, 3.63) is 29.8 Å². The molecule has 0 bridgehead atoms. The number of hydrogen-bond donors (Lipinski definition) is 1. The van der Waals surface area contributed by atoms with Crippen molar-refractivity contribution in [2.24, 2.45) is 5.73 Å². The zero-order valence-corrected chi connectivity index (χ0v) is 9.41. The molecule has 0 spiro atoms. The molecular weight excluding hydrogens is 218 g/mol. The van der Waals surface area contributed by atoms with Crippen LogP contribution in [-0.2, 0) is 9.53 Å². The number of halogens is 1. The Bertz CT molecular complexity index is 313. The number of benzene rings is 1. The van der Waals surface area contributed by atoms with E-state index in [4.69, 9.17) is 10.5 Å². The van der Waals surface area contributed by atoms with Crippen LogP contribution in [0.5, 0.6) is 5.75 Å². The maximum absolute atomic E-state index is 11.1. The Morgan fingerprint density at radius 3 is 2.20 bits per heavy atom. The van der Waals surface area contributed by atoms with E-state index in [0.717, 1.165) is 5.75 Å². The molecule has 4 nitrogen and oxygen atoms in total. The van der Waals surface area contributed by atoms with E-state index in [1.54, 1.807) is 31.4 Å². The molecule has 0 fully saturated rings. The first-order valence-electron chi connectivity index (χ1n) is 4.16. The fourth-order valence-corrected chi connectivity index (χ4v) is 1.07. The van der Waals surface area contributed by atoms with Crippen LogP contribution in [0.15, 0.2) is 24.3 Å². The second-order valence-electron chi connectivity index (χ2n) is 2.77. The Hall–Kier alpha value is -1.26. The Balaban J connectivity index is 0.00000196. The van der Waals surface area contributed by atoms with Crippen molar-refractivity contribution < 1.29 is 14.3 Å². The molecule has 5 heteroatoms. The van der Waals surface area contributed by atoms with Gasteiger partial charge in [0, 0.05) is 0 Å². The van der Waals surface area contributed by atoms with Gasteiger partial charge in [-0.3, -0.25) is 4.79 Å². The summed E-state index contributed by atoms with van der Waals surface area (Å²) in [5.74, 6) is 0.279. The predicted octanol–water partition coefficient (Wildman–Crippen LogP) is 1.29. The highest BCUT2D eigenvalue weighted by molar-refractivity contribution is 5.85. The van der Waals surface area contributed by atoms with Crippen molar-refractivity contribution in [2.75, 3.05) is 14.2 Å². The van der Waals surface area contributed by atoms with E-state index in [9.17, 15) is 4.79 Å². The highest BCUT2D eigenvalue weighted by Gasteiger charge is 2.15. The minimum Gasteiger partial charge on any atom is -0.497 e. The molecule has 0 saturated carbocycles. The summed E-state index contributed by atoms with van der Waals surface area (Å²) in [6, 6.07) is 6.24. The Morgan fingerprint density at radius 1 is 1.27 bits per heavy atom. The third kappa shape index (κ3) is 3.42. The molecule has 0 radical (unpaired) electrons. The molecule has 0 amide bonds.